The summed E-state index contributed by atoms with van der Waals surface area (Å²) in [6, 6.07) is 7.94. The van der Waals surface area contributed by atoms with E-state index in [4.69, 9.17) is 0 Å². The largest absolute Gasteiger partial charge is 0.183 e. The highest BCUT2D eigenvalue weighted by atomic mass is 15.5. The number of hydrogen-bond acceptors (Lipinski definition) is 2. The van der Waals surface area contributed by atoms with Crippen molar-refractivity contribution in [3.05, 3.63) is 24.3 Å². The zero-order valence-electron chi connectivity index (χ0n) is 7.94. The first-order valence-electron chi connectivity index (χ1n) is 4.55. The first-order valence-corrected chi connectivity index (χ1v) is 4.55. The average Bonchev–Trinajstić information content (AvgIpc) is 2.44. The number of rotatable bonds is 2. The highest BCUT2D eigenvalue weighted by Gasteiger charge is 2.02. The molecule has 0 saturated carbocycles. The molecule has 0 aliphatic carbocycles. The lowest BCUT2D eigenvalue weighted by atomic mass is 10.2. The van der Waals surface area contributed by atoms with Crippen molar-refractivity contribution in [3.63, 3.8) is 0 Å². The van der Waals surface area contributed by atoms with Crippen molar-refractivity contribution in [1.82, 2.24) is 15.0 Å². The zero-order chi connectivity index (χ0) is 9.26. The van der Waals surface area contributed by atoms with Crippen molar-refractivity contribution in [2.24, 2.45) is 5.92 Å². The molecular weight excluding hydrogens is 162 g/mol. The molecule has 2 rings (SSSR count). The Hall–Kier alpha value is -1.38. The Morgan fingerprint density at radius 3 is 2.15 bits per heavy atom. The van der Waals surface area contributed by atoms with Crippen molar-refractivity contribution in [2.45, 2.75) is 20.4 Å². The molecule has 0 aliphatic heterocycles. The quantitative estimate of drug-likeness (QED) is 0.699. The second kappa shape index (κ2) is 3.17. The standard InChI is InChI=1S/C10H13N3/c1-8(2)7-13-11-9-5-3-4-6-10(9)12-13/h3-6,8H,7H2,1-2H3. The normalized spacial score (nSPS) is 11.3. The third kappa shape index (κ3) is 1.69. The van der Waals surface area contributed by atoms with Crippen LogP contribution in [-0.2, 0) is 6.54 Å². The number of benzene rings is 1. The predicted molar refractivity (Wildman–Crippen MR) is 52.4 cm³/mol. The lowest BCUT2D eigenvalue weighted by Crippen LogP contribution is -2.07. The van der Waals surface area contributed by atoms with Crippen LogP contribution in [0.4, 0.5) is 0 Å². The summed E-state index contributed by atoms with van der Waals surface area (Å²) < 4.78 is 0. The van der Waals surface area contributed by atoms with Gasteiger partial charge in [-0.25, -0.2) is 0 Å². The summed E-state index contributed by atoms with van der Waals surface area (Å²) in [6.07, 6.45) is 0. The fourth-order valence-electron chi connectivity index (χ4n) is 1.31. The van der Waals surface area contributed by atoms with Gasteiger partial charge in [0.2, 0.25) is 0 Å². The maximum Gasteiger partial charge on any atom is 0.113 e. The highest BCUT2D eigenvalue weighted by molar-refractivity contribution is 5.72. The van der Waals surface area contributed by atoms with E-state index in [0.29, 0.717) is 5.92 Å². The van der Waals surface area contributed by atoms with Crippen LogP contribution in [0.2, 0.25) is 0 Å². The van der Waals surface area contributed by atoms with Gasteiger partial charge in [0.1, 0.15) is 11.0 Å². The lowest BCUT2D eigenvalue weighted by molar-refractivity contribution is 0.442. The molecule has 0 saturated heterocycles. The smallest absolute Gasteiger partial charge is 0.113 e. The molecule has 68 valence electrons. The molecule has 0 atom stereocenters. The Kier molecular flexibility index (Phi) is 2.00. The van der Waals surface area contributed by atoms with Crippen LogP contribution < -0.4 is 0 Å². The maximum absolute atomic E-state index is 4.36. The van der Waals surface area contributed by atoms with Gasteiger partial charge in [0.15, 0.2) is 0 Å². The fraction of sp³-hybridized carbons (Fsp3) is 0.400. The monoisotopic (exact) mass is 175 g/mol. The molecule has 2 aromatic rings. The van der Waals surface area contributed by atoms with Crippen LogP contribution in [0.25, 0.3) is 11.0 Å². The summed E-state index contributed by atoms with van der Waals surface area (Å²) >= 11 is 0. The van der Waals surface area contributed by atoms with E-state index in [9.17, 15) is 0 Å². The Morgan fingerprint density at radius 2 is 1.69 bits per heavy atom. The van der Waals surface area contributed by atoms with Gasteiger partial charge in [-0.15, -0.1) is 0 Å². The van der Waals surface area contributed by atoms with E-state index in [1.54, 1.807) is 4.80 Å². The molecule has 13 heavy (non-hydrogen) atoms. The third-order valence-corrected chi connectivity index (χ3v) is 1.86. The van der Waals surface area contributed by atoms with E-state index in [-0.39, 0.29) is 0 Å². The molecule has 0 N–H and O–H groups in total. The van der Waals surface area contributed by atoms with Gasteiger partial charge >= 0.3 is 0 Å². The summed E-state index contributed by atoms with van der Waals surface area (Å²) in [5.74, 6) is 0.585. The Labute approximate surface area is 77.4 Å². The van der Waals surface area contributed by atoms with E-state index in [0.717, 1.165) is 17.6 Å². The van der Waals surface area contributed by atoms with Crippen LogP contribution in [0, 0.1) is 5.92 Å². The number of nitrogens with zero attached hydrogens (tertiary/aromatic N) is 3. The van der Waals surface area contributed by atoms with E-state index in [1.807, 2.05) is 24.3 Å². The van der Waals surface area contributed by atoms with Crippen LogP contribution >= 0.6 is 0 Å². The molecule has 1 aromatic carbocycles. The summed E-state index contributed by atoms with van der Waals surface area (Å²) in [5.41, 5.74) is 1.95. The maximum atomic E-state index is 4.36. The van der Waals surface area contributed by atoms with Crippen LogP contribution in [0.1, 0.15) is 13.8 Å². The summed E-state index contributed by atoms with van der Waals surface area (Å²) in [5, 5.41) is 8.72. The first kappa shape index (κ1) is 8.23. The molecule has 0 fully saturated rings. The molecule has 3 nitrogen and oxygen atoms in total. The van der Waals surface area contributed by atoms with E-state index >= 15 is 0 Å². The molecule has 0 unspecified atom stereocenters. The first-order chi connectivity index (χ1) is 6.25. The van der Waals surface area contributed by atoms with Crippen molar-refractivity contribution >= 4 is 11.0 Å². The fourth-order valence-corrected chi connectivity index (χ4v) is 1.31. The van der Waals surface area contributed by atoms with Crippen molar-refractivity contribution in [2.75, 3.05) is 0 Å². The zero-order valence-corrected chi connectivity index (χ0v) is 7.94. The van der Waals surface area contributed by atoms with Gasteiger partial charge in [-0.1, -0.05) is 26.0 Å². The molecule has 1 aromatic heterocycles. The van der Waals surface area contributed by atoms with E-state index in [2.05, 4.69) is 24.0 Å². The molecule has 0 radical (unpaired) electrons. The van der Waals surface area contributed by atoms with E-state index < -0.39 is 0 Å². The predicted octanol–water partition coefficient (Wildman–Crippen LogP) is 2.09. The number of aromatic nitrogens is 3. The Balaban J connectivity index is 2.38. The Bertz CT molecular complexity index is 370. The Morgan fingerprint density at radius 1 is 1.15 bits per heavy atom. The van der Waals surface area contributed by atoms with Gasteiger partial charge in [0, 0.05) is 0 Å². The minimum absolute atomic E-state index is 0.585. The van der Waals surface area contributed by atoms with Gasteiger partial charge in [0.25, 0.3) is 0 Å². The topological polar surface area (TPSA) is 30.7 Å². The summed E-state index contributed by atoms with van der Waals surface area (Å²) in [6.45, 7) is 5.21. The molecular formula is C10H13N3. The van der Waals surface area contributed by atoms with Gasteiger partial charge < -0.3 is 0 Å². The van der Waals surface area contributed by atoms with E-state index in [1.165, 1.54) is 0 Å². The minimum Gasteiger partial charge on any atom is -0.183 e. The second-order valence-corrected chi connectivity index (χ2v) is 3.64. The molecule has 0 amide bonds. The molecule has 1 heterocycles. The van der Waals surface area contributed by atoms with Gasteiger partial charge in [-0.3, -0.25) is 0 Å². The number of hydrogen-bond donors (Lipinski definition) is 0. The van der Waals surface area contributed by atoms with Crippen molar-refractivity contribution in [3.8, 4) is 0 Å². The SMILES string of the molecule is CC(C)Cn1nc2ccccc2n1. The minimum atomic E-state index is 0.585. The molecule has 0 aliphatic rings. The average molecular weight is 175 g/mol. The van der Waals surface area contributed by atoms with Crippen molar-refractivity contribution < 1.29 is 0 Å². The van der Waals surface area contributed by atoms with Gasteiger partial charge in [0.05, 0.1) is 6.54 Å². The summed E-state index contributed by atoms with van der Waals surface area (Å²) in [4.78, 5) is 1.77. The van der Waals surface area contributed by atoms with Gasteiger partial charge in [-0.05, 0) is 18.1 Å². The molecule has 0 spiro atoms. The van der Waals surface area contributed by atoms with Crippen LogP contribution in [0.5, 0.6) is 0 Å². The molecule has 3 heteroatoms. The molecule has 0 bridgehead atoms. The van der Waals surface area contributed by atoms with Crippen LogP contribution in [0.3, 0.4) is 0 Å². The summed E-state index contributed by atoms with van der Waals surface area (Å²) in [7, 11) is 0. The highest BCUT2D eigenvalue weighted by Crippen LogP contribution is 2.07. The van der Waals surface area contributed by atoms with Crippen molar-refractivity contribution in [1.29, 1.82) is 0 Å². The van der Waals surface area contributed by atoms with Gasteiger partial charge in [-0.2, -0.15) is 15.0 Å². The van der Waals surface area contributed by atoms with Crippen LogP contribution in [-0.4, -0.2) is 15.0 Å². The number of fused-ring (bicyclic) bond motifs is 1. The lowest BCUT2D eigenvalue weighted by Gasteiger charge is -2.00. The third-order valence-electron chi connectivity index (χ3n) is 1.86. The van der Waals surface area contributed by atoms with Crippen LogP contribution in [0.15, 0.2) is 24.3 Å². The second-order valence-electron chi connectivity index (χ2n) is 3.64.